The number of nitrogens with two attached hydrogens (primary N) is 2. The second kappa shape index (κ2) is 15.2. The Morgan fingerprint density at radius 2 is 1.60 bits per heavy atom. The first-order chi connectivity index (χ1) is 21.2. The molecule has 3 rings (SSSR count). The number of fused-ring (bicyclic) bond motifs is 1. The van der Waals surface area contributed by atoms with E-state index >= 15 is 0 Å². The monoisotopic (exact) mass is 625 g/mol. The van der Waals surface area contributed by atoms with E-state index < -0.39 is 23.3 Å². The summed E-state index contributed by atoms with van der Waals surface area (Å²) in [7, 11) is 1.55. The van der Waals surface area contributed by atoms with Crippen molar-refractivity contribution in [1.29, 1.82) is 0 Å². The second-order valence-electron chi connectivity index (χ2n) is 12.1. The van der Waals surface area contributed by atoms with E-state index in [1.807, 2.05) is 32.6 Å². The Kier molecular flexibility index (Phi) is 11.9. The highest BCUT2D eigenvalue weighted by molar-refractivity contribution is 6.17. The van der Waals surface area contributed by atoms with Gasteiger partial charge in [-0.2, -0.15) is 0 Å². The SMILES string of the molecule is COc1cc(C(=O)N(C(C)C)C(C)C)ccc1OCCCCOc1ccc2c(NC(=O)C(C)(N)C(=O)C(N)C(C)C)noc2c1. The number of hydrogen-bond acceptors (Lipinski definition) is 10. The van der Waals surface area contributed by atoms with Gasteiger partial charge in [-0.05, 0) is 83.7 Å². The maximum absolute atomic E-state index is 13.0. The predicted octanol–water partition coefficient (Wildman–Crippen LogP) is 4.54. The number of hydrogen-bond donors (Lipinski definition) is 3. The van der Waals surface area contributed by atoms with E-state index in [9.17, 15) is 14.4 Å². The summed E-state index contributed by atoms with van der Waals surface area (Å²) in [6, 6.07) is 9.62. The molecule has 3 aromatic rings. The van der Waals surface area contributed by atoms with Crippen LogP contribution in [0.2, 0.25) is 0 Å². The summed E-state index contributed by atoms with van der Waals surface area (Å²) < 4.78 is 22.7. The summed E-state index contributed by atoms with van der Waals surface area (Å²) >= 11 is 0. The molecule has 246 valence electrons. The van der Waals surface area contributed by atoms with Crippen LogP contribution in [0.15, 0.2) is 40.9 Å². The van der Waals surface area contributed by atoms with E-state index in [4.69, 9.17) is 30.2 Å². The summed E-state index contributed by atoms with van der Waals surface area (Å²) in [5, 5.41) is 7.04. The minimum atomic E-state index is -1.84. The molecule has 0 aliphatic rings. The van der Waals surface area contributed by atoms with E-state index in [1.54, 1.807) is 57.4 Å². The van der Waals surface area contributed by atoms with Crippen molar-refractivity contribution >= 4 is 34.4 Å². The van der Waals surface area contributed by atoms with Crippen molar-refractivity contribution in [1.82, 2.24) is 10.1 Å². The number of carbonyl (C=O) groups excluding carboxylic acids is 3. The number of amides is 2. The van der Waals surface area contributed by atoms with Crippen molar-refractivity contribution in [3.63, 3.8) is 0 Å². The van der Waals surface area contributed by atoms with E-state index in [0.717, 1.165) is 6.42 Å². The number of unbranched alkanes of at least 4 members (excludes halogenated alkanes) is 1. The van der Waals surface area contributed by atoms with Gasteiger partial charge < -0.3 is 40.4 Å². The Morgan fingerprint density at radius 3 is 2.20 bits per heavy atom. The fraction of sp³-hybridized carbons (Fsp3) is 0.515. The molecular weight excluding hydrogens is 578 g/mol. The number of nitrogens with zero attached hydrogens (tertiary/aromatic N) is 2. The molecule has 2 aromatic carbocycles. The fourth-order valence-corrected chi connectivity index (χ4v) is 4.81. The Balaban J connectivity index is 1.50. The van der Waals surface area contributed by atoms with Crippen LogP contribution in [0, 0.1) is 5.92 Å². The molecule has 12 heteroatoms. The first-order valence-corrected chi connectivity index (χ1v) is 15.2. The molecule has 2 amide bonds. The molecule has 45 heavy (non-hydrogen) atoms. The molecule has 0 aliphatic carbocycles. The molecule has 1 heterocycles. The highest BCUT2D eigenvalue weighted by atomic mass is 16.5. The summed E-state index contributed by atoms with van der Waals surface area (Å²) in [5.41, 5.74) is 11.1. The van der Waals surface area contributed by atoms with E-state index in [2.05, 4.69) is 10.5 Å². The Morgan fingerprint density at radius 1 is 0.956 bits per heavy atom. The quantitative estimate of drug-likeness (QED) is 0.152. The summed E-state index contributed by atoms with van der Waals surface area (Å²) in [6.45, 7) is 13.7. The van der Waals surface area contributed by atoms with Gasteiger partial charge in [0.05, 0.1) is 31.8 Å². The van der Waals surface area contributed by atoms with Crippen LogP contribution in [0.5, 0.6) is 17.2 Å². The minimum absolute atomic E-state index is 0.0520. The van der Waals surface area contributed by atoms with Gasteiger partial charge in [0.1, 0.15) is 5.75 Å². The van der Waals surface area contributed by atoms with E-state index in [0.29, 0.717) is 53.4 Å². The third kappa shape index (κ3) is 8.52. The number of Topliss-reactive ketones (excluding diaryl/α,β-unsaturated/α-hetero) is 1. The molecule has 2 atom stereocenters. The fourth-order valence-electron chi connectivity index (χ4n) is 4.81. The van der Waals surface area contributed by atoms with Gasteiger partial charge in [-0.15, -0.1) is 0 Å². The molecule has 2 unspecified atom stereocenters. The molecule has 12 nitrogen and oxygen atoms in total. The second-order valence-corrected chi connectivity index (χ2v) is 12.1. The lowest BCUT2D eigenvalue weighted by atomic mass is 9.87. The normalized spacial score (nSPS) is 13.5. The average Bonchev–Trinajstić information content (AvgIpc) is 3.39. The maximum atomic E-state index is 13.0. The standard InChI is InChI=1S/C33H47N5O7/c1-19(2)28(34)29(39)33(7,35)32(41)36-30-24-13-12-23(18-26(24)45-37-30)43-15-9-10-16-44-25-14-11-22(17-27(25)42-8)31(40)38(20(3)4)21(5)6/h11-14,17-21,28H,9-10,15-16,34-35H2,1-8H3,(H,36,37,41). The predicted molar refractivity (Wildman–Crippen MR) is 173 cm³/mol. The number of rotatable bonds is 16. The van der Waals surface area contributed by atoms with Crippen LogP contribution >= 0.6 is 0 Å². The third-order valence-electron chi connectivity index (χ3n) is 7.50. The number of benzene rings is 2. The summed E-state index contributed by atoms with van der Waals surface area (Å²) in [5.74, 6) is 0.267. The number of ketones is 1. The van der Waals surface area contributed by atoms with Gasteiger partial charge in [-0.25, -0.2) is 0 Å². The van der Waals surface area contributed by atoms with Crippen LogP contribution < -0.4 is 31.0 Å². The molecule has 0 spiro atoms. The van der Waals surface area contributed by atoms with Crippen molar-refractivity contribution in [2.75, 3.05) is 25.6 Å². The van der Waals surface area contributed by atoms with Crippen molar-refractivity contribution in [2.45, 2.75) is 85.0 Å². The van der Waals surface area contributed by atoms with Crippen molar-refractivity contribution in [3.8, 4) is 17.2 Å². The topological polar surface area (TPSA) is 172 Å². The zero-order chi connectivity index (χ0) is 33.5. The smallest absolute Gasteiger partial charge is 0.254 e. The van der Waals surface area contributed by atoms with Crippen LogP contribution in [-0.2, 0) is 9.59 Å². The van der Waals surface area contributed by atoms with Gasteiger partial charge >= 0.3 is 0 Å². The van der Waals surface area contributed by atoms with Crippen LogP contribution in [0.1, 0.15) is 71.7 Å². The number of anilines is 1. The first kappa shape index (κ1) is 35.3. The van der Waals surface area contributed by atoms with Gasteiger partial charge in [0.25, 0.3) is 11.8 Å². The zero-order valence-electron chi connectivity index (χ0n) is 27.5. The van der Waals surface area contributed by atoms with Crippen molar-refractivity contribution in [3.05, 3.63) is 42.0 Å². The number of carbonyl (C=O) groups is 3. The molecule has 0 radical (unpaired) electrons. The lowest BCUT2D eigenvalue weighted by molar-refractivity contribution is -0.133. The average molecular weight is 626 g/mol. The molecular formula is C33H47N5O7. The number of nitrogens with one attached hydrogen (secondary N) is 1. The van der Waals surface area contributed by atoms with Gasteiger partial charge in [-0.1, -0.05) is 19.0 Å². The summed E-state index contributed by atoms with van der Waals surface area (Å²) in [4.78, 5) is 40.3. The zero-order valence-corrected chi connectivity index (χ0v) is 27.5. The highest BCUT2D eigenvalue weighted by Gasteiger charge is 2.41. The molecule has 5 N–H and O–H groups in total. The van der Waals surface area contributed by atoms with Crippen LogP contribution in [0.4, 0.5) is 5.82 Å². The molecule has 1 aromatic heterocycles. The largest absolute Gasteiger partial charge is 0.493 e. The van der Waals surface area contributed by atoms with E-state index in [1.165, 1.54) is 6.92 Å². The Hall–Kier alpha value is -4.16. The first-order valence-electron chi connectivity index (χ1n) is 15.2. The van der Waals surface area contributed by atoms with Crippen LogP contribution in [0.3, 0.4) is 0 Å². The van der Waals surface area contributed by atoms with Crippen molar-refractivity contribution in [2.24, 2.45) is 17.4 Å². The van der Waals surface area contributed by atoms with E-state index in [-0.39, 0.29) is 29.7 Å². The number of methoxy groups -OCH3 is 1. The lowest BCUT2D eigenvalue weighted by Crippen LogP contribution is -2.61. The lowest BCUT2D eigenvalue weighted by Gasteiger charge is -2.31. The third-order valence-corrected chi connectivity index (χ3v) is 7.50. The van der Waals surface area contributed by atoms with Gasteiger partial charge in [0.2, 0.25) is 0 Å². The molecule has 0 saturated heterocycles. The molecule has 0 aliphatic heterocycles. The van der Waals surface area contributed by atoms with Gasteiger partial charge in [0.15, 0.2) is 34.2 Å². The van der Waals surface area contributed by atoms with Gasteiger partial charge in [0, 0.05) is 23.7 Å². The van der Waals surface area contributed by atoms with Crippen LogP contribution in [0.25, 0.3) is 11.0 Å². The maximum Gasteiger partial charge on any atom is 0.254 e. The van der Waals surface area contributed by atoms with Crippen molar-refractivity contribution < 1.29 is 33.1 Å². The number of aromatic nitrogens is 1. The Bertz CT molecular complexity index is 1470. The minimum Gasteiger partial charge on any atom is -0.493 e. The van der Waals surface area contributed by atoms with Gasteiger partial charge in [-0.3, -0.25) is 14.4 Å². The number of ether oxygens (including phenoxy) is 3. The summed E-state index contributed by atoms with van der Waals surface area (Å²) in [6.07, 6.45) is 1.43. The molecule has 0 saturated carbocycles. The highest BCUT2D eigenvalue weighted by Crippen LogP contribution is 2.30. The van der Waals surface area contributed by atoms with Crippen LogP contribution in [-0.4, -0.2) is 71.6 Å². The molecule has 0 fully saturated rings. The Labute approximate surface area is 264 Å². The molecule has 0 bridgehead atoms.